The highest BCUT2D eigenvalue weighted by atomic mass is 16.4. The van der Waals surface area contributed by atoms with E-state index >= 15 is 0 Å². The van der Waals surface area contributed by atoms with Gasteiger partial charge in [-0.25, -0.2) is 9.36 Å². The van der Waals surface area contributed by atoms with Crippen molar-refractivity contribution < 1.29 is 9.90 Å². The van der Waals surface area contributed by atoms with Gasteiger partial charge in [0, 0.05) is 5.69 Å². The Kier molecular flexibility index (Phi) is 1.86. The summed E-state index contributed by atoms with van der Waals surface area (Å²) in [5, 5.41) is 8.58. The Hall–Kier alpha value is -1.78. The second kappa shape index (κ2) is 2.69. The molecule has 5 heteroatoms. The summed E-state index contributed by atoms with van der Waals surface area (Å²) in [5.74, 6) is 0. The normalized spacial score (nSPS) is 9.75. The number of carbonyl (C=O) groups is 1. The van der Waals surface area contributed by atoms with Gasteiger partial charge >= 0.3 is 6.09 Å². The van der Waals surface area contributed by atoms with Gasteiger partial charge < -0.3 is 10.8 Å². The van der Waals surface area contributed by atoms with Crippen LogP contribution in [-0.2, 0) is 0 Å². The van der Waals surface area contributed by atoms with Crippen LogP contribution in [0.2, 0.25) is 0 Å². The molecule has 12 heavy (non-hydrogen) atoms. The molecular formula is C7H8N2O3. The highest BCUT2D eigenvalue weighted by molar-refractivity contribution is 5.69. The molecule has 0 saturated heterocycles. The highest BCUT2D eigenvalue weighted by Crippen LogP contribution is 1.98. The van der Waals surface area contributed by atoms with Gasteiger partial charge in [-0.1, -0.05) is 0 Å². The van der Waals surface area contributed by atoms with Crippen molar-refractivity contribution in [3.05, 3.63) is 28.2 Å². The molecule has 0 amide bonds. The van der Waals surface area contributed by atoms with Crippen LogP contribution in [0.4, 0.5) is 10.5 Å². The Balaban J connectivity index is 3.55. The summed E-state index contributed by atoms with van der Waals surface area (Å²) in [7, 11) is 0. The lowest BCUT2D eigenvalue weighted by Gasteiger charge is -2.03. The quantitative estimate of drug-likeness (QED) is 0.582. The number of hydrogen-bond acceptors (Lipinski definition) is 3. The van der Waals surface area contributed by atoms with Gasteiger partial charge in [-0.05, 0) is 19.1 Å². The number of rotatable bonds is 0. The summed E-state index contributed by atoms with van der Waals surface area (Å²) in [6.45, 7) is 1.52. The summed E-state index contributed by atoms with van der Waals surface area (Å²) in [6, 6.07) is 2.86. The van der Waals surface area contributed by atoms with Gasteiger partial charge in [0.15, 0.2) is 0 Å². The summed E-state index contributed by atoms with van der Waals surface area (Å²) < 4.78 is 0.606. The summed E-state index contributed by atoms with van der Waals surface area (Å²) in [6.07, 6.45) is -1.31. The van der Waals surface area contributed by atoms with E-state index in [0.29, 0.717) is 10.3 Å². The molecule has 0 radical (unpaired) electrons. The minimum atomic E-state index is -1.31. The first-order valence-corrected chi connectivity index (χ1v) is 3.25. The summed E-state index contributed by atoms with van der Waals surface area (Å²) in [4.78, 5) is 21.6. The van der Waals surface area contributed by atoms with Gasteiger partial charge in [0.05, 0.1) is 5.69 Å². The van der Waals surface area contributed by atoms with Crippen LogP contribution in [0.3, 0.4) is 0 Å². The molecule has 64 valence electrons. The molecule has 0 unspecified atom stereocenters. The Morgan fingerprint density at radius 1 is 1.58 bits per heavy atom. The van der Waals surface area contributed by atoms with Crippen molar-refractivity contribution in [2.75, 3.05) is 5.73 Å². The topological polar surface area (TPSA) is 85.3 Å². The predicted octanol–water partition coefficient (Wildman–Crippen LogP) is 0.265. The third-order valence-electron chi connectivity index (χ3n) is 1.50. The average Bonchev–Trinajstić information content (AvgIpc) is 1.97. The van der Waals surface area contributed by atoms with Gasteiger partial charge in [-0.2, -0.15) is 0 Å². The molecule has 1 aromatic rings. The van der Waals surface area contributed by atoms with Gasteiger partial charge in [0.2, 0.25) is 0 Å². The van der Waals surface area contributed by atoms with E-state index < -0.39 is 11.7 Å². The molecule has 0 bridgehead atoms. The summed E-state index contributed by atoms with van der Waals surface area (Å²) in [5.41, 5.74) is 4.82. The smallest absolute Gasteiger partial charge is 0.418 e. The number of aryl methyl sites for hydroxylation is 1. The fourth-order valence-electron chi connectivity index (χ4n) is 0.883. The van der Waals surface area contributed by atoms with Gasteiger partial charge in [0.25, 0.3) is 5.56 Å². The van der Waals surface area contributed by atoms with Crippen molar-refractivity contribution in [3.8, 4) is 0 Å². The van der Waals surface area contributed by atoms with Crippen molar-refractivity contribution in [3.63, 3.8) is 0 Å². The van der Waals surface area contributed by atoms with E-state index in [9.17, 15) is 9.59 Å². The molecule has 0 aliphatic carbocycles. The molecule has 0 aromatic carbocycles. The molecule has 0 aliphatic heterocycles. The van der Waals surface area contributed by atoms with Crippen LogP contribution in [0.25, 0.3) is 0 Å². The lowest BCUT2D eigenvalue weighted by molar-refractivity contribution is 0.194. The standard InChI is InChI=1S/C7H8N2O3/c1-4-2-3-5(8)6(10)9(4)7(11)12/h2-3H,8H2,1H3,(H,11,12). The van der Waals surface area contributed by atoms with E-state index in [4.69, 9.17) is 10.8 Å². The Morgan fingerprint density at radius 3 is 2.58 bits per heavy atom. The van der Waals surface area contributed by atoms with E-state index in [-0.39, 0.29) is 5.69 Å². The maximum atomic E-state index is 11.1. The van der Waals surface area contributed by atoms with Crippen LogP contribution in [0, 0.1) is 6.92 Å². The van der Waals surface area contributed by atoms with Crippen LogP contribution in [0.15, 0.2) is 16.9 Å². The average molecular weight is 168 g/mol. The number of pyridine rings is 1. The molecule has 1 rings (SSSR count). The molecule has 0 aliphatic rings. The minimum Gasteiger partial charge on any atom is -0.464 e. The molecule has 0 spiro atoms. The van der Waals surface area contributed by atoms with Crippen molar-refractivity contribution in [2.45, 2.75) is 6.92 Å². The monoisotopic (exact) mass is 168 g/mol. The molecule has 5 nitrogen and oxygen atoms in total. The van der Waals surface area contributed by atoms with E-state index in [0.717, 1.165) is 0 Å². The van der Waals surface area contributed by atoms with Crippen LogP contribution < -0.4 is 11.3 Å². The second-order valence-electron chi connectivity index (χ2n) is 2.35. The van der Waals surface area contributed by atoms with Crippen LogP contribution in [0.5, 0.6) is 0 Å². The van der Waals surface area contributed by atoms with Crippen LogP contribution in [-0.4, -0.2) is 15.8 Å². The van der Waals surface area contributed by atoms with Gasteiger partial charge in [-0.15, -0.1) is 0 Å². The Morgan fingerprint density at radius 2 is 2.17 bits per heavy atom. The number of nitrogens with zero attached hydrogens (tertiary/aromatic N) is 1. The molecule has 0 saturated carbocycles. The third kappa shape index (κ3) is 1.16. The fourth-order valence-corrected chi connectivity index (χ4v) is 0.883. The predicted molar refractivity (Wildman–Crippen MR) is 43.3 cm³/mol. The Bertz CT molecular complexity index is 381. The molecule has 3 N–H and O–H groups in total. The third-order valence-corrected chi connectivity index (χ3v) is 1.50. The van der Waals surface area contributed by atoms with Crippen LogP contribution in [0.1, 0.15) is 5.69 Å². The van der Waals surface area contributed by atoms with Crippen molar-refractivity contribution in [1.29, 1.82) is 0 Å². The maximum absolute atomic E-state index is 11.1. The number of nitrogen functional groups attached to an aromatic ring is 1. The molecule has 1 aromatic heterocycles. The summed E-state index contributed by atoms with van der Waals surface area (Å²) >= 11 is 0. The number of carboxylic acid groups (broad SMARTS) is 1. The zero-order valence-electron chi connectivity index (χ0n) is 6.44. The minimum absolute atomic E-state index is 0.0667. The van der Waals surface area contributed by atoms with Crippen molar-refractivity contribution in [1.82, 2.24) is 4.57 Å². The first-order valence-electron chi connectivity index (χ1n) is 3.25. The number of anilines is 1. The zero-order chi connectivity index (χ0) is 9.30. The molecule has 0 atom stereocenters. The van der Waals surface area contributed by atoms with E-state index in [1.165, 1.54) is 19.1 Å². The molecular weight excluding hydrogens is 160 g/mol. The van der Waals surface area contributed by atoms with E-state index in [2.05, 4.69) is 0 Å². The number of hydrogen-bond donors (Lipinski definition) is 2. The fraction of sp³-hybridized carbons (Fsp3) is 0.143. The van der Waals surface area contributed by atoms with Crippen LogP contribution >= 0.6 is 0 Å². The first-order chi connectivity index (χ1) is 5.54. The molecule has 1 heterocycles. The number of nitrogens with two attached hydrogens (primary N) is 1. The largest absolute Gasteiger partial charge is 0.464 e. The van der Waals surface area contributed by atoms with Crippen molar-refractivity contribution >= 4 is 11.8 Å². The lowest BCUT2D eigenvalue weighted by Crippen LogP contribution is -2.29. The highest BCUT2D eigenvalue weighted by Gasteiger charge is 2.08. The van der Waals surface area contributed by atoms with Crippen molar-refractivity contribution in [2.24, 2.45) is 0 Å². The maximum Gasteiger partial charge on any atom is 0.418 e. The molecule has 0 fully saturated rings. The second-order valence-corrected chi connectivity index (χ2v) is 2.35. The SMILES string of the molecule is Cc1ccc(N)c(=O)n1C(=O)O. The zero-order valence-corrected chi connectivity index (χ0v) is 6.44. The Labute approximate surface area is 68.0 Å². The van der Waals surface area contributed by atoms with Gasteiger partial charge in [-0.3, -0.25) is 4.79 Å². The van der Waals surface area contributed by atoms with E-state index in [1.54, 1.807) is 0 Å². The first kappa shape index (κ1) is 8.32. The van der Waals surface area contributed by atoms with Gasteiger partial charge in [0.1, 0.15) is 0 Å². The number of aromatic nitrogens is 1. The lowest BCUT2D eigenvalue weighted by atomic mass is 10.3. The van der Waals surface area contributed by atoms with E-state index in [1.807, 2.05) is 0 Å².